The van der Waals surface area contributed by atoms with Gasteiger partial charge >= 0.3 is 192 Å². The van der Waals surface area contributed by atoms with Crippen molar-refractivity contribution in [2.24, 2.45) is 0 Å². The fourth-order valence-corrected chi connectivity index (χ4v) is 6.13. The number of fused-ring (bicyclic) bond motifs is 1. The average molecular weight is 512 g/mol. The van der Waals surface area contributed by atoms with E-state index in [1.54, 1.807) is 34.0 Å². The molecule has 12 heteroatoms. The van der Waals surface area contributed by atoms with Crippen LogP contribution in [-0.2, 0) is 16.4 Å². The third-order valence-electron chi connectivity index (χ3n) is 4.59. The molecule has 0 N–H and O–H groups in total. The fourth-order valence-electron chi connectivity index (χ4n) is 3.14. The summed E-state index contributed by atoms with van der Waals surface area (Å²) in [6.07, 6.45) is 7.91. The van der Waals surface area contributed by atoms with E-state index >= 15 is 0 Å². The molecule has 0 amide bonds. The van der Waals surface area contributed by atoms with Gasteiger partial charge in [-0.2, -0.15) is 0 Å². The van der Waals surface area contributed by atoms with E-state index in [1.807, 2.05) is 6.07 Å². The molecule has 164 valence electrons. The van der Waals surface area contributed by atoms with E-state index in [0.29, 0.717) is 27.4 Å². The summed E-state index contributed by atoms with van der Waals surface area (Å²) in [7, 11) is -3.08. The van der Waals surface area contributed by atoms with Crippen molar-refractivity contribution < 1.29 is 8.42 Å². The van der Waals surface area contributed by atoms with Crippen LogP contribution in [-0.4, -0.2) is 70.9 Å². The molecule has 0 aliphatic heterocycles. The normalized spacial score (nSPS) is 12.2. The molecule has 4 aromatic heterocycles. The van der Waals surface area contributed by atoms with Crippen LogP contribution in [0.3, 0.4) is 0 Å². The second-order valence-electron chi connectivity index (χ2n) is 7.69. The van der Waals surface area contributed by atoms with Crippen LogP contribution in [0.4, 0.5) is 0 Å². The second kappa shape index (κ2) is 8.80. The van der Waals surface area contributed by atoms with Crippen molar-refractivity contribution in [3.05, 3.63) is 42.5 Å². The molecule has 1 atom stereocenters. The topological polar surface area (TPSA) is 132 Å². The third kappa shape index (κ3) is 4.87. The fraction of sp³-hybridized carbons (Fsp3) is 0.300. The predicted octanol–water partition coefficient (Wildman–Crippen LogP) is 0.880. The summed E-state index contributed by atoms with van der Waals surface area (Å²) in [5.74, 6) is 0.650. The van der Waals surface area contributed by atoms with Gasteiger partial charge in [0.1, 0.15) is 0 Å². The Kier molecular flexibility index (Phi) is 6.08. The molecule has 4 rings (SSSR count). The van der Waals surface area contributed by atoms with Crippen LogP contribution in [0, 0.1) is 11.3 Å². The van der Waals surface area contributed by atoms with E-state index in [1.165, 1.54) is 12.5 Å². The van der Waals surface area contributed by atoms with Crippen LogP contribution in [0.2, 0.25) is 4.71 Å². The number of aryl methyl sites for hydroxylation is 1. The monoisotopic (exact) mass is 512 g/mol. The van der Waals surface area contributed by atoms with Crippen LogP contribution in [0.25, 0.3) is 28.1 Å². The Morgan fingerprint density at radius 1 is 1.19 bits per heavy atom. The number of nitrogens with zero attached hydrogens (tertiary/aromatic N) is 8. The minimum absolute atomic E-state index is 0.00655. The van der Waals surface area contributed by atoms with Gasteiger partial charge in [-0.25, -0.2) is 0 Å². The molecule has 0 radical (unpaired) electrons. The Bertz CT molecular complexity index is 1440. The molecule has 10 nitrogen and oxygen atoms in total. The summed E-state index contributed by atoms with van der Waals surface area (Å²) in [6, 6.07) is 5.84. The Balaban J connectivity index is 1.72. The summed E-state index contributed by atoms with van der Waals surface area (Å²) in [4.78, 5) is 8.97. The van der Waals surface area contributed by atoms with Gasteiger partial charge < -0.3 is 0 Å². The average Bonchev–Trinajstić information content (AvgIpc) is 3.38. The van der Waals surface area contributed by atoms with Crippen LogP contribution < -0.4 is 4.35 Å². The molecule has 1 unspecified atom stereocenters. The summed E-state index contributed by atoms with van der Waals surface area (Å²) in [5, 5.41) is 22.6. The van der Waals surface area contributed by atoms with Crippen molar-refractivity contribution in [2.45, 2.75) is 25.1 Å². The molecule has 0 spiro atoms. The molecule has 0 aromatic carbocycles. The molecule has 0 fully saturated rings. The van der Waals surface area contributed by atoms with Gasteiger partial charge in [-0.1, -0.05) is 0 Å². The van der Waals surface area contributed by atoms with Crippen molar-refractivity contribution in [3.8, 4) is 23.1 Å². The van der Waals surface area contributed by atoms with E-state index in [4.69, 9.17) is 5.26 Å². The quantitative estimate of drug-likeness (QED) is 0.334. The summed E-state index contributed by atoms with van der Waals surface area (Å²) >= 11 is -0.518. The molecule has 0 saturated carbocycles. The molecule has 0 aliphatic rings. The van der Waals surface area contributed by atoms with Crippen LogP contribution in [0.15, 0.2) is 36.9 Å². The van der Waals surface area contributed by atoms with Crippen molar-refractivity contribution in [2.75, 3.05) is 12.0 Å². The number of nitriles is 1. The van der Waals surface area contributed by atoms with Gasteiger partial charge in [0.2, 0.25) is 0 Å². The van der Waals surface area contributed by atoms with Crippen LogP contribution in [0.1, 0.15) is 19.4 Å². The van der Waals surface area contributed by atoms with Gasteiger partial charge in [0.05, 0.1) is 0 Å². The van der Waals surface area contributed by atoms with Crippen molar-refractivity contribution >= 4 is 41.0 Å². The number of pyridine rings is 2. The Morgan fingerprint density at radius 3 is 2.72 bits per heavy atom. The maximum atomic E-state index is 11.4. The van der Waals surface area contributed by atoms with E-state index < -0.39 is 25.6 Å². The van der Waals surface area contributed by atoms with E-state index in [-0.39, 0.29) is 12.3 Å². The van der Waals surface area contributed by atoms with Crippen LogP contribution in [0.5, 0.6) is 0 Å². The van der Waals surface area contributed by atoms with Gasteiger partial charge in [0.15, 0.2) is 0 Å². The third-order valence-corrected chi connectivity index (χ3v) is 8.25. The number of hydrogen-bond acceptors (Lipinski definition) is 8. The first-order chi connectivity index (χ1) is 15.2. The number of aromatic nitrogens is 7. The molecular weight excluding hydrogens is 491 g/mol. The SMILES string of the molecule is CC(C)[AsH]c1cc(-n2ncc3cc(C#N)cnc32)ncc1-c1cn(CCS(C)(=O)=O)nn1. The first-order valence-electron chi connectivity index (χ1n) is 9.82. The Morgan fingerprint density at radius 2 is 2.00 bits per heavy atom. The molecule has 0 bridgehead atoms. The molecule has 4 heterocycles. The van der Waals surface area contributed by atoms with E-state index in [9.17, 15) is 8.42 Å². The van der Waals surface area contributed by atoms with Crippen molar-refractivity contribution in [3.63, 3.8) is 0 Å². The standard InChI is InChI=1S/C20H21AsN8O2S/c1-13(2)21-17-7-19(29-20-15(10-25-29)6-14(8-22)9-24-20)23-11-16(17)18-12-28(27-26-18)4-5-32(3,30)31/h6-7,9-13,21H,4-5H2,1-3H3. The first kappa shape index (κ1) is 22.1. The van der Waals surface area contributed by atoms with Gasteiger partial charge in [-0.3, -0.25) is 0 Å². The summed E-state index contributed by atoms with van der Waals surface area (Å²) in [6.45, 7) is 4.62. The zero-order valence-corrected chi connectivity index (χ0v) is 20.7. The second-order valence-corrected chi connectivity index (χ2v) is 14.1. The van der Waals surface area contributed by atoms with Gasteiger partial charge in [-0.05, 0) is 0 Å². The zero-order valence-electron chi connectivity index (χ0n) is 17.8. The van der Waals surface area contributed by atoms with E-state index in [2.05, 4.69) is 45.3 Å². The van der Waals surface area contributed by atoms with Gasteiger partial charge in [0.25, 0.3) is 0 Å². The molecule has 32 heavy (non-hydrogen) atoms. The van der Waals surface area contributed by atoms with Crippen LogP contribution >= 0.6 is 0 Å². The predicted molar refractivity (Wildman–Crippen MR) is 122 cm³/mol. The van der Waals surface area contributed by atoms with Gasteiger partial charge in [-0.15, -0.1) is 0 Å². The molecule has 0 saturated heterocycles. The van der Waals surface area contributed by atoms with Crippen molar-refractivity contribution in [1.82, 2.24) is 34.7 Å². The number of sulfone groups is 1. The molecule has 0 aliphatic carbocycles. The Labute approximate surface area is 191 Å². The number of hydrogen-bond donors (Lipinski definition) is 0. The summed E-state index contributed by atoms with van der Waals surface area (Å²) < 4.78 is 27.7. The first-order valence-corrected chi connectivity index (χ1v) is 14.1. The maximum absolute atomic E-state index is 11.4. The number of rotatable bonds is 7. The summed E-state index contributed by atoms with van der Waals surface area (Å²) in [5.41, 5.74) is 2.67. The molecular formula is C20H21AsN8O2S. The van der Waals surface area contributed by atoms with Crippen molar-refractivity contribution in [1.29, 1.82) is 5.26 Å². The minimum atomic E-state index is -3.08. The Hall–Kier alpha value is -3.09. The molecule has 4 aromatic rings. The zero-order chi connectivity index (χ0) is 22.9. The van der Waals surface area contributed by atoms with Gasteiger partial charge in [0, 0.05) is 0 Å². The van der Waals surface area contributed by atoms with E-state index in [0.717, 1.165) is 15.3 Å².